The van der Waals surface area contributed by atoms with E-state index in [9.17, 15) is 24.6 Å². The SMILES string of the molecule is C=CCN(C(=O)C1N(CCO)C(=O)[C@@H]2[C@H](C(=O)O)[C@]3(C)CCC12O3)C(C)(C)C. The number of rotatable bonds is 6. The van der Waals surface area contributed by atoms with Crippen molar-refractivity contribution in [2.75, 3.05) is 19.7 Å². The fourth-order valence-electron chi connectivity index (χ4n) is 5.40. The molecule has 2 amide bonds. The van der Waals surface area contributed by atoms with Crippen LogP contribution < -0.4 is 0 Å². The van der Waals surface area contributed by atoms with E-state index in [1.54, 1.807) is 17.9 Å². The van der Waals surface area contributed by atoms with Crippen LogP contribution in [0.4, 0.5) is 0 Å². The van der Waals surface area contributed by atoms with Gasteiger partial charge in [-0.05, 0) is 40.5 Å². The lowest BCUT2D eigenvalue weighted by Crippen LogP contribution is -2.60. The van der Waals surface area contributed by atoms with E-state index in [0.29, 0.717) is 19.4 Å². The van der Waals surface area contributed by atoms with Gasteiger partial charge in [0, 0.05) is 18.6 Å². The number of fused-ring (bicyclic) bond motifs is 1. The number of β-amino-alcohol motifs (C(OH)–C–C–N with tert-alkyl or cyclic N) is 1. The second kappa shape index (κ2) is 6.56. The van der Waals surface area contributed by atoms with E-state index in [4.69, 9.17) is 4.74 Å². The number of aliphatic carboxylic acids is 1. The Labute approximate surface area is 165 Å². The third-order valence-corrected chi connectivity index (χ3v) is 6.50. The van der Waals surface area contributed by atoms with Crippen LogP contribution >= 0.6 is 0 Å². The van der Waals surface area contributed by atoms with E-state index in [1.165, 1.54) is 4.90 Å². The topological polar surface area (TPSA) is 107 Å². The van der Waals surface area contributed by atoms with E-state index in [1.807, 2.05) is 20.8 Å². The van der Waals surface area contributed by atoms with Gasteiger partial charge >= 0.3 is 5.97 Å². The van der Waals surface area contributed by atoms with E-state index in [0.717, 1.165) is 0 Å². The molecule has 0 aliphatic carbocycles. The highest BCUT2D eigenvalue weighted by Crippen LogP contribution is 2.63. The number of hydrogen-bond donors (Lipinski definition) is 2. The summed E-state index contributed by atoms with van der Waals surface area (Å²) in [5.41, 5.74) is -2.67. The number of amides is 2. The summed E-state index contributed by atoms with van der Waals surface area (Å²) in [5.74, 6) is -3.73. The first kappa shape index (κ1) is 20.8. The largest absolute Gasteiger partial charge is 0.481 e. The second-order valence-corrected chi connectivity index (χ2v) is 9.23. The summed E-state index contributed by atoms with van der Waals surface area (Å²) in [6, 6.07) is -0.956. The van der Waals surface area contributed by atoms with Crippen molar-refractivity contribution >= 4 is 17.8 Å². The van der Waals surface area contributed by atoms with Crippen LogP contribution in [0.15, 0.2) is 12.7 Å². The summed E-state index contributed by atoms with van der Waals surface area (Å²) in [6.45, 7) is 11.1. The molecule has 8 heteroatoms. The number of carboxylic acids is 1. The molecule has 2 bridgehead atoms. The predicted octanol–water partition coefficient (Wildman–Crippen LogP) is 0.641. The molecule has 3 saturated heterocycles. The minimum absolute atomic E-state index is 0.0357. The van der Waals surface area contributed by atoms with Crippen LogP contribution in [0.2, 0.25) is 0 Å². The third-order valence-electron chi connectivity index (χ3n) is 6.50. The molecular weight excluding hydrogens is 364 g/mol. The number of ether oxygens (including phenoxy) is 1. The number of carboxylic acid groups (broad SMARTS) is 1. The molecule has 8 nitrogen and oxygen atoms in total. The van der Waals surface area contributed by atoms with Crippen molar-refractivity contribution in [3.8, 4) is 0 Å². The monoisotopic (exact) mass is 394 g/mol. The Hall–Kier alpha value is -1.93. The Balaban J connectivity index is 2.11. The fourth-order valence-corrected chi connectivity index (χ4v) is 5.40. The normalized spacial score (nSPS) is 36.5. The fraction of sp³-hybridized carbons (Fsp3) is 0.750. The third kappa shape index (κ3) is 2.69. The molecule has 0 aromatic heterocycles. The van der Waals surface area contributed by atoms with Crippen LogP contribution in [0.5, 0.6) is 0 Å². The molecule has 3 aliphatic heterocycles. The van der Waals surface area contributed by atoms with Crippen LogP contribution in [0.1, 0.15) is 40.5 Å². The first-order valence-electron chi connectivity index (χ1n) is 9.71. The Kier molecular flexibility index (Phi) is 4.87. The molecule has 2 unspecified atom stereocenters. The average Bonchev–Trinajstić information content (AvgIpc) is 3.13. The van der Waals surface area contributed by atoms with Crippen molar-refractivity contribution in [3.05, 3.63) is 12.7 Å². The number of likely N-dealkylation sites (tertiary alicyclic amines) is 1. The second-order valence-electron chi connectivity index (χ2n) is 9.23. The van der Waals surface area contributed by atoms with Gasteiger partial charge in [-0.2, -0.15) is 0 Å². The highest BCUT2D eigenvalue weighted by molar-refractivity contribution is 5.98. The number of aliphatic hydroxyl groups excluding tert-OH is 1. The van der Waals surface area contributed by atoms with E-state index in [2.05, 4.69) is 6.58 Å². The molecule has 5 atom stereocenters. The van der Waals surface area contributed by atoms with Crippen molar-refractivity contribution < 1.29 is 29.3 Å². The maximum atomic E-state index is 13.7. The Morgan fingerprint density at radius 2 is 2.04 bits per heavy atom. The van der Waals surface area contributed by atoms with Crippen LogP contribution in [-0.2, 0) is 19.1 Å². The number of carbonyl (C=O) groups is 3. The van der Waals surface area contributed by atoms with Gasteiger partial charge < -0.3 is 24.7 Å². The summed E-state index contributed by atoms with van der Waals surface area (Å²) in [4.78, 5) is 41.9. The summed E-state index contributed by atoms with van der Waals surface area (Å²) < 4.78 is 6.27. The zero-order chi connectivity index (χ0) is 21.1. The van der Waals surface area contributed by atoms with Crippen LogP contribution in [0.25, 0.3) is 0 Å². The van der Waals surface area contributed by atoms with Crippen LogP contribution in [-0.4, -0.2) is 80.3 Å². The van der Waals surface area contributed by atoms with Gasteiger partial charge in [0.05, 0.1) is 24.0 Å². The van der Waals surface area contributed by atoms with Crippen molar-refractivity contribution in [2.45, 2.75) is 63.3 Å². The molecule has 0 aromatic rings. The summed E-state index contributed by atoms with van der Waals surface area (Å²) >= 11 is 0. The quantitative estimate of drug-likeness (QED) is 0.640. The van der Waals surface area contributed by atoms with Gasteiger partial charge in [0.15, 0.2) is 0 Å². The molecular formula is C20H30N2O6. The molecule has 1 spiro atoms. The molecule has 3 aliphatic rings. The standard InChI is InChI=1S/C20H30N2O6/c1-6-9-22(18(2,3)4)16(25)14-20-8-7-19(5,28-20)13(17(26)27)12(20)15(24)21(14)10-11-23/h6,12-14,23H,1,7-11H2,2-5H3,(H,26,27)/t12-,13+,14?,19-,20?/m0/s1. The highest BCUT2D eigenvalue weighted by Gasteiger charge is 2.78. The maximum absolute atomic E-state index is 13.7. The lowest BCUT2D eigenvalue weighted by Gasteiger charge is -2.41. The van der Waals surface area contributed by atoms with Crippen molar-refractivity contribution in [1.82, 2.24) is 9.80 Å². The van der Waals surface area contributed by atoms with Crippen molar-refractivity contribution in [2.24, 2.45) is 11.8 Å². The smallest absolute Gasteiger partial charge is 0.310 e. The lowest BCUT2D eigenvalue weighted by atomic mass is 9.66. The number of carbonyl (C=O) groups excluding carboxylic acids is 2. The Morgan fingerprint density at radius 3 is 2.54 bits per heavy atom. The van der Waals surface area contributed by atoms with E-state index >= 15 is 0 Å². The molecule has 28 heavy (non-hydrogen) atoms. The predicted molar refractivity (Wildman–Crippen MR) is 100 cm³/mol. The van der Waals surface area contributed by atoms with Gasteiger partial charge in [0.1, 0.15) is 11.6 Å². The van der Waals surface area contributed by atoms with Crippen molar-refractivity contribution in [1.29, 1.82) is 0 Å². The van der Waals surface area contributed by atoms with Gasteiger partial charge in [-0.1, -0.05) is 6.08 Å². The summed E-state index contributed by atoms with van der Waals surface area (Å²) in [6.07, 6.45) is 2.54. The molecule has 3 fully saturated rings. The molecule has 0 saturated carbocycles. The van der Waals surface area contributed by atoms with E-state index < -0.39 is 46.5 Å². The molecule has 0 aromatic carbocycles. The zero-order valence-corrected chi connectivity index (χ0v) is 17.0. The first-order valence-corrected chi connectivity index (χ1v) is 9.71. The number of aliphatic hydroxyl groups is 1. The minimum atomic E-state index is -1.17. The molecule has 156 valence electrons. The molecule has 3 heterocycles. The van der Waals surface area contributed by atoms with Crippen LogP contribution in [0, 0.1) is 11.8 Å². The van der Waals surface area contributed by atoms with E-state index in [-0.39, 0.29) is 19.1 Å². The molecule has 3 rings (SSSR count). The summed E-state index contributed by atoms with van der Waals surface area (Å²) in [5, 5.41) is 19.3. The zero-order valence-electron chi connectivity index (χ0n) is 17.0. The molecule has 2 N–H and O–H groups in total. The van der Waals surface area contributed by atoms with Gasteiger partial charge in [-0.3, -0.25) is 14.4 Å². The maximum Gasteiger partial charge on any atom is 0.310 e. The van der Waals surface area contributed by atoms with Gasteiger partial charge in [0.25, 0.3) is 0 Å². The highest BCUT2D eigenvalue weighted by atomic mass is 16.5. The van der Waals surface area contributed by atoms with Gasteiger partial charge in [0.2, 0.25) is 11.8 Å². The average molecular weight is 394 g/mol. The molecule has 0 radical (unpaired) electrons. The van der Waals surface area contributed by atoms with Gasteiger partial charge in [-0.25, -0.2) is 0 Å². The van der Waals surface area contributed by atoms with Crippen molar-refractivity contribution in [3.63, 3.8) is 0 Å². The number of hydrogen-bond acceptors (Lipinski definition) is 5. The Bertz CT molecular complexity index is 716. The summed E-state index contributed by atoms with van der Waals surface area (Å²) in [7, 11) is 0. The van der Waals surface area contributed by atoms with Gasteiger partial charge in [-0.15, -0.1) is 6.58 Å². The first-order chi connectivity index (χ1) is 12.9. The minimum Gasteiger partial charge on any atom is -0.481 e. The lowest BCUT2D eigenvalue weighted by molar-refractivity contribution is -0.158. The Morgan fingerprint density at radius 1 is 1.39 bits per heavy atom. The number of nitrogens with zero attached hydrogens (tertiary/aromatic N) is 2. The van der Waals surface area contributed by atoms with Crippen LogP contribution in [0.3, 0.4) is 0 Å².